The number of hydrogen-bond acceptors (Lipinski definition) is 2. The molecule has 0 aromatic rings. The predicted octanol–water partition coefficient (Wildman–Crippen LogP) is 3.70. The van der Waals surface area contributed by atoms with Gasteiger partial charge < -0.3 is 5.73 Å². The van der Waals surface area contributed by atoms with E-state index in [2.05, 4.69) is 4.90 Å². The molecule has 0 bridgehead atoms. The summed E-state index contributed by atoms with van der Waals surface area (Å²) in [5, 5.41) is 0. The maximum absolute atomic E-state index is 12.3. The van der Waals surface area contributed by atoms with Crippen molar-refractivity contribution in [3.05, 3.63) is 0 Å². The van der Waals surface area contributed by atoms with Gasteiger partial charge in [-0.05, 0) is 45.7 Å². The molecule has 0 spiro atoms. The van der Waals surface area contributed by atoms with Gasteiger partial charge in [-0.3, -0.25) is 4.90 Å². The lowest BCUT2D eigenvalue weighted by atomic mass is 9.91. The Labute approximate surface area is 114 Å². The summed E-state index contributed by atoms with van der Waals surface area (Å²) in [5.41, 5.74) is 5.58. The fourth-order valence-corrected chi connectivity index (χ4v) is 2.85. The second-order valence-electron chi connectivity index (χ2n) is 5.92. The fourth-order valence-electron chi connectivity index (χ4n) is 2.85. The number of nitrogens with two attached hydrogens (primary N) is 1. The summed E-state index contributed by atoms with van der Waals surface area (Å²) in [6.07, 6.45) is 1.95. The monoisotopic (exact) mass is 280 g/mol. The molecule has 5 heteroatoms. The lowest BCUT2D eigenvalue weighted by molar-refractivity contribution is -0.136. The minimum atomic E-state index is -4.05. The predicted molar refractivity (Wildman–Crippen MR) is 72.0 cm³/mol. The summed E-state index contributed by atoms with van der Waals surface area (Å²) in [7, 11) is 0. The van der Waals surface area contributed by atoms with Crippen LogP contribution < -0.4 is 5.73 Å². The Bertz CT molecular complexity index is 248. The zero-order chi connectivity index (χ0) is 14.4. The molecule has 1 rings (SSSR count). The average Bonchev–Trinajstić information content (AvgIpc) is 2.26. The van der Waals surface area contributed by atoms with E-state index in [0.717, 1.165) is 25.9 Å². The quantitative estimate of drug-likeness (QED) is 0.832. The largest absolute Gasteiger partial charge is 0.389 e. The van der Waals surface area contributed by atoms with Crippen LogP contribution >= 0.6 is 0 Å². The maximum atomic E-state index is 12.3. The van der Waals surface area contributed by atoms with Gasteiger partial charge in [0.2, 0.25) is 0 Å². The molecule has 0 aliphatic carbocycles. The normalized spacial score (nSPS) is 22.6. The molecule has 0 amide bonds. The molecule has 2 nitrogen and oxygen atoms in total. The van der Waals surface area contributed by atoms with Crippen molar-refractivity contribution in [1.82, 2.24) is 4.90 Å². The van der Waals surface area contributed by atoms with E-state index in [1.807, 2.05) is 6.92 Å². The van der Waals surface area contributed by atoms with Crippen LogP contribution in [0.2, 0.25) is 0 Å². The van der Waals surface area contributed by atoms with Crippen molar-refractivity contribution in [2.45, 2.75) is 70.0 Å². The van der Waals surface area contributed by atoms with Crippen LogP contribution in [0.5, 0.6) is 0 Å². The van der Waals surface area contributed by atoms with Crippen LogP contribution in [-0.2, 0) is 0 Å². The minimum Gasteiger partial charge on any atom is -0.329 e. The van der Waals surface area contributed by atoms with Gasteiger partial charge in [-0.1, -0.05) is 19.3 Å². The molecule has 1 atom stereocenters. The van der Waals surface area contributed by atoms with Crippen molar-refractivity contribution in [3.8, 4) is 0 Å². The van der Waals surface area contributed by atoms with Gasteiger partial charge in [0.05, 0.1) is 0 Å². The lowest BCUT2D eigenvalue weighted by Crippen LogP contribution is -2.52. The second-order valence-corrected chi connectivity index (χ2v) is 5.92. The Morgan fingerprint density at radius 3 is 1.95 bits per heavy atom. The van der Waals surface area contributed by atoms with Gasteiger partial charge in [0.1, 0.15) is 0 Å². The highest BCUT2D eigenvalue weighted by molar-refractivity contribution is 4.88. The van der Waals surface area contributed by atoms with Crippen LogP contribution in [0.3, 0.4) is 0 Å². The van der Waals surface area contributed by atoms with Gasteiger partial charge in [0.25, 0.3) is 0 Å². The van der Waals surface area contributed by atoms with Crippen LogP contribution in [0.25, 0.3) is 0 Å². The molecule has 1 aliphatic heterocycles. The van der Waals surface area contributed by atoms with Gasteiger partial charge in [0, 0.05) is 18.5 Å². The highest BCUT2D eigenvalue weighted by Crippen LogP contribution is 2.28. The summed E-state index contributed by atoms with van der Waals surface area (Å²) in [6.45, 7) is 4.40. The van der Waals surface area contributed by atoms with E-state index in [-0.39, 0.29) is 12.0 Å². The smallest absolute Gasteiger partial charge is 0.329 e. The highest BCUT2D eigenvalue weighted by Gasteiger charge is 2.33. The number of nitrogens with zero attached hydrogens (tertiary/aromatic N) is 1. The Morgan fingerprint density at radius 2 is 1.47 bits per heavy atom. The summed E-state index contributed by atoms with van der Waals surface area (Å²) in [6, 6.07) is 0. The Kier molecular flexibility index (Phi) is 6.60. The summed E-state index contributed by atoms with van der Waals surface area (Å²) in [4.78, 5) is 2.32. The van der Waals surface area contributed by atoms with Gasteiger partial charge in [-0.2, -0.15) is 13.2 Å². The third-order valence-electron chi connectivity index (χ3n) is 4.23. The Balaban J connectivity index is 2.50. The summed E-state index contributed by atoms with van der Waals surface area (Å²) < 4.78 is 36.8. The van der Waals surface area contributed by atoms with Crippen molar-refractivity contribution >= 4 is 0 Å². The molecule has 1 aliphatic rings. The Morgan fingerprint density at radius 1 is 0.947 bits per heavy atom. The van der Waals surface area contributed by atoms with E-state index in [9.17, 15) is 13.2 Å². The van der Waals surface area contributed by atoms with Crippen molar-refractivity contribution in [2.24, 2.45) is 5.73 Å². The van der Waals surface area contributed by atoms with Crippen molar-refractivity contribution < 1.29 is 13.2 Å². The number of alkyl halides is 3. The minimum absolute atomic E-state index is 0.174. The molecule has 1 unspecified atom stereocenters. The van der Waals surface area contributed by atoms with E-state index < -0.39 is 12.6 Å². The molecule has 0 radical (unpaired) electrons. The molecule has 2 N–H and O–H groups in total. The number of likely N-dealkylation sites (tertiary alicyclic amines) is 1. The molecule has 114 valence electrons. The van der Waals surface area contributed by atoms with Crippen LogP contribution in [-0.4, -0.2) is 36.2 Å². The van der Waals surface area contributed by atoms with Gasteiger partial charge in [-0.25, -0.2) is 0 Å². The van der Waals surface area contributed by atoms with Gasteiger partial charge in [0.15, 0.2) is 0 Å². The molecule has 0 saturated carbocycles. The third-order valence-corrected chi connectivity index (χ3v) is 4.23. The van der Waals surface area contributed by atoms with E-state index in [1.165, 1.54) is 19.3 Å². The first kappa shape index (κ1) is 16.8. The van der Waals surface area contributed by atoms with Crippen LogP contribution in [0, 0.1) is 0 Å². The second kappa shape index (κ2) is 7.48. The van der Waals surface area contributed by atoms with Crippen LogP contribution in [0.1, 0.15) is 58.3 Å². The molecule has 19 heavy (non-hydrogen) atoms. The van der Waals surface area contributed by atoms with Crippen molar-refractivity contribution in [2.75, 3.05) is 19.6 Å². The molecule has 1 heterocycles. The molecule has 0 aromatic heterocycles. The Hall–Kier alpha value is -0.290. The molecule has 1 saturated heterocycles. The zero-order valence-corrected chi connectivity index (χ0v) is 11.9. The fraction of sp³-hybridized carbons (Fsp3) is 1.00. The SMILES string of the molecule is CC(CN)(CCCC(F)(F)F)N1CCCCCCC1. The van der Waals surface area contributed by atoms with E-state index >= 15 is 0 Å². The maximum Gasteiger partial charge on any atom is 0.389 e. The standard InChI is InChI=1S/C14H27F3N2/c1-13(12-18,8-7-9-14(15,16)17)19-10-5-3-2-4-6-11-19/h2-12,18H2,1H3. The lowest BCUT2D eigenvalue weighted by Gasteiger charge is -2.42. The van der Waals surface area contributed by atoms with Crippen molar-refractivity contribution in [3.63, 3.8) is 0 Å². The topological polar surface area (TPSA) is 29.3 Å². The van der Waals surface area contributed by atoms with Crippen molar-refractivity contribution in [1.29, 1.82) is 0 Å². The highest BCUT2D eigenvalue weighted by atomic mass is 19.4. The number of rotatable bonds is 5. The molecule has 0 aromatic carbocycles. The first-order valence-corrected chi connectivity index (χ1v) is 7.39. The average molecular weight is 280 g/mol. The first-order valence-electron chi connectivity index (χ1n) is 7.39. The third kappa shape index (κ3) is 6.13. The first-order chi connectivity index (χ1) is 8.87. The molecular weight excluding hydrogens is 253 g/mol. The van der Waals surface area contributed by atoms with E-state index in [4.69, 9.17) is 5.73 Å². The molecular formula is C14H27F3N2. The number of halogens is 3. The van der Waals surface area contributed by atoms with Crippen LogP contribution in [0.4, 0.5) is 13.2 Å². The van der Waals surface area contributed by atoms with E-state index in [1.54, 1.807) is 0 Å². The van der Waals surface area contributed by atoms with E-state index in [0.29, 0.717) is 13.0 Å². The number of hydrogen-bond donors (Lipinski definition) is 1. The van der Waals surface area contributed by atoms with Gasteiger partial charge in [-0.15, -0.1) is 0 Å². The van der Waals surface area contributed by atoms with Crippen LogP contribution in [0.15, 0.2) is 0 Å². The summed E-state index contributed by atoms with van der Waals surface area (Å²) >= 11 is 0. The zero-order valence-electron chi connectivity index (χ0n) is 11.9. The molecule has 1 fully saturated rings. The van der Waals surface area contributed by atoms with Gasteiger partial charge >= 0.3 is 6.18 Å². The summed E-state index contributed by atoms with van der Waals surface area (Å²) in [5.74, 6) is 0.